The zero-order valence-electron chi connectivity index (χ0n) is 9.10. The molecule has 0 spiro atoms. The van der Waals surface area contributed by atoms with E-state index in [1.807, 2.05) is 0 Å². The Morgan fingerprint density at radius 3 is 1.58 bits per heavy atom. The van der Waals surface area contributed by atoms with Gasteiger partial charge in [-0.25, -0.2) is 26.3 Å². The van der Waals surface area contributed by atoms with Gasteiger partial charge < -0.3 is 0 Å². The number of benzene rings is 1. The number of hydrogen-bond donors (Lipinski definition) is 0. The molecule has 1 nitrogen and oxygen atoms in total. The van der Waals surface area contributed by atoms with Crippen LogP contribution in [0.15, 0.2) is 42.0 Å². The fourth-order valence-electron chi connectivity index (χ4n) is 3.23. The van der Waals surface area contributed by atoms with Gasteiger partial charge in [-0.1, -0.05) is 18.2 Å². The summed E-state index contributed by atoms with van der Waals surface area (Å²) >= 11 is 0. The van der Waals surface area contributed by atoms with Gasteiger partial charge in [0.25, 0.3) is 22.9 Å². The molecule has 1 aromatic carbocycles. The van der Waals surface area contributed by atoms with E-state index in [2.05, 4.69) is 0 Å². The SMILES string of the molecule is FC1=C(F)[C@]2(F)[C@@]1(F)[C@@]1(F)N(c3ccccc3)[C@@]21F. The van der Waals surface area contributed by atoms with E-state index in [9.17, 15) is 26.3 Å². The minimum atomic E-state index is -3.91. The third-order valence-electron chi connectivity index (χ3n) is 4.20. The van der Waals surface area contributed by atoms with Crippen LogP contribution in [0.3, 0.4) is 0 Å². The van der Waals surface area contributed by atoms with Gasteiger partial charge in [0.1, 0.15) is 0 Å². The Morgan fingerprint density at radius 2 is 1.16 bits per heavy atom. The summed E-state index contributed by atoms with van der Waals surface area (Å²) < 4.78 is 82.7. The molecule has 19 heavy (non-hydrogen) atoms. The Balaban J connectivity index is 1.89. The zero-order valence-corrected chi connectivity index (χ0v) is 9.10. The first-order chi connectivity index (χ1) is 8.79. The van der Waals surface area contributed by atoms with Crippen LogP contribution in [-0.2, 0) is 0 Å². The lowest BCUT2D eigenvalue weighted by atomic mass is 9.56. The summed E-state index contributed by atoms with van der Waals surface area (Å²) in [6, 6.07) is 6.69. The van der Waals surface area contributed by atoms with Gasteiger partial charge in [-0.05, 0) is 12.1 Å². The van der Waals surface area contributed by atoms with Gasteiger partial charge in [-0.15, -0.1) is 0 Å². The minimum Gasteiger partial charge on any atom is -0.291 e. The molecule has 0 aromatic heterocycles. The molecule has 1 saturated carbocycles. The standard InChI is InChI=1S/C12H5F6N/c13-7-8(14)10(16)9(7,15)11(17)12(10,18)19(11)6-4-2-1-3-5-6/h1-5H/t9-,10+,11-,12+,19?. The second-order valence-corrected chi connectivity index (χ2v) is 4.86. The van der Waals surface area contributed by atoms with Crippen LogP contribution < -0.4 is 4.90 Å². The summed E-state index contributed by atoms with van der Waals surface area (Å²) in [5.41, 5.74) is -8.00. The van der Waals surface area contributed by atoms with E-state index in [0.29, 0.717) is 0 Å². The lowest BCUT2D eigenvalue weighted by molar-refractivity contribution is -0.245. The molecule has 1 aliphatic heterocycles. The predicted octanol–water partition coefficient (Wildman–Crippen LogP) is 3.43. The van der Waals surface area contributed by atoms with Crippen LogP contribution >= 0.6 is 0 Å². The second-order valence-electron chi connectivity index (χ2n) is 4.86. The van der Waals surface area contributed by atoms with Crippen LogP contribution in [0, 0.1) is 0 Å². The zero-order chi connectivity index (χ0) is 13.8. The first-order valence-electron chi connectivity index (χ1n) is 5.47. The molecule has 1 aromatic rings. The molecule has 1 heterocycles. The van der Waals surface area contributed by atoms with Gasteiger partial charge in [0.15, 0.2) is 11.7 Å². The van der Waals surface area contributed by atoms with Crippen LogP contribution in [0.2, 0.25) is 0 Å². The Hall–Kier alpha value is -1.66. The number of fused-ring (bicyclic) bond motifs is 4. The van der Waals surface area contributed by atoms with Crippen LogP contribution in [0.25, 0.3) is 0 Å². The predicted molar refractivity (Wildman–Crippen MR) is 53.5 cm³/mol. The molecule has 0 N–H and O–H groups in total. The molecule has 100 valence electrons. The Kier molecular flexibility index (Phi) is 1.46. The number of nitrogens with zero attached hydrogens (tertiary/aromatic N) is 1. The lowest BCUT2D eigenvalue weighted by Gasteiger charge is -2.53. The molecule has 0 radical (unpaired) electrons. The Morgan fingerprint density at radius 1 is 0.737 bits per heavy atom. The van der Waals surface area contributed by atoms with E-state index in [4.69, 9.17) is 0 Å². The van der Waals surface area contributed by atoms with Crippen LogP contribution in [0.4, 0.5) is 32.0 Å². The summed E-state index contributed by atoms with van der Waals surface area (Å²) in [5.74, 6) is -11.5. The highest BCUT2D eigenvalue weighted by Gasteiger charge is 3.16. The fourth-order valence-corrected chi connectivity index (χ4v) is 3.23. The van der Waals surface area contributed by atoms with Crippen molar-refractivity contribution in [2.24, 2.45) is 0 Å². The molecule has 2 fully saturated rings. The van der Waals surface area contributed by atoms with E-state index < -0.39 is 34.6 Å². The first-order valence-corrected chi connectivity index (χ1v) is 5.47. The quantitative estimate of drug-likeness (QED) is 0.432. The van der Waals surface area contributed by atoms with E-state index >= 15 is 0 Å². The van der Waals surface area contributed by atoms with Gasteiger partial charge in [0.05, 0.1) is 0 Å². The third-order valence-corrected chi connectivity index (χ3v) is 4.20. The maximum atomic E-state index is 14.3. The highest BCUT2D eigenvalue weighted by molar-refractivity contribution is 5.81. The summed E-state index contributed by atoms with van der Waals surface area (Å²) in [6.45, 7) is 0. The van der Waals surface area contributed by atoms with Crippen molar-refractivity contribution in [1.29, 1.82) is 0 Å². The topological polar surface area (TPSA) is 3.01 Å². The van der Waals surface area contributed by atoms with Gasteiger partial charge in [-0.2, -0.15) is 0 Å². The van der Waals surface area contributed by atoms with E-state index in [1.165, 1.54) is 30.3 Å². The molecule has 4 atom stereocenters. The molecule has 2 aliphatic carbocycles. The molecule has 1 saturated heterocycles. The molecule has 3 aliphatic rings. The third kappa shape index (κ3) is 0.642. The van der Waals surface area contributed by atoms with E-state index in [-0.39, 0.29) is 10.6 Å². The summed E-state index contributed by atoms with van der Waals surface area (Å²) in [4.78, 5) is 0.103. The fraction of sp³-hybridized carbons (Fsp3) is 0.333. The maximum absolute atomic E-state index is 14.3. The molecular formula is C12H5F6N. The normalized spacial score (nSPS) is 50.1. The Bertz CT molecular complexity index is 611. The Labute approximate surface area is 103 Å². The van der Waals surface area contributed by atoms with Crippen molar-refractivity contribution >= 4 is 5.69 Å². The summed E-state index contributed by atoms with van der Waals surface area (Å²) in [7, 11) is 0. The average molecular weight is 277 g/mol. The van der Waals surface area contributed by atoms with E-state index in [0.717, 1.165) is 0 Å². The van der Waals surface area contributed by atoms with Crippen LogP contribution in [0.5, 0.6) is 0 Å². The minimum absolute atomic E-state index is 0.103. The van der Waals surface area contributed by atoms with Crippen molar-refractivity contribution in [3.05, 3.63) is 42.0 Å². The second kappa shape index (κ2) is 2.48. The molecular weight excluding hydrogens is 272 g/mol. The molecule has 4 rings (SSSR count). The summed E-state index contributed by atoms with van der Waals surface area (Å²) in [5, 5.41) is 0. The van der Waals surface area contributed by atoms with Gasteiger partial charge in [0.2, 0.25) is 0 Å². The molecule has 0 unspecified atom stereocenters. The molecule has 7 heteroatoms. The number of alkyl halides is 4. The van der Waals surface area contributed by atoms with Gasteiger partial charge in [0, 0.05) is 5.69 Å². The van der Waals surface area contributed by atoms with Crippen molar-refractivity contribution in [3.8, 4) is 0 Å². The monoisotopic (exact) mass is 277 g/mol. The highest BCUT2D eigenvalue weighted by atomic mass is 19.2. The van der Waals surface area contributed by atoms with Crippen molar-refractivity contribution in [1.82, 2.24) is 0 Å². The number of anilines is 1. The number of para-hydroxylation sites is 1. The van der Waals surface area contributed by atoms with Gasteiger partial charge >= 0.3 is 0 Å². The van der Waals surface area contributed by atoms with Crippen LogP contribution in [0.1, 0.15) is 0 Å². The lowest BCUT2D eigenvalue weighted by Crippen LogP contribution is -2.80. The molecule has 0 amide bonds. The average Bonchev–Trinajstić information content (AvgIpc) is 2.93. The summed E-state index contributed by atoms with van der Waals surface area (Å²) in [6.07, 6.45) is 0. The smallest absolute Gasteiger partial charge is 0.287 e. The maximum Gasteiger partial charge on any atom is 0.287 e. The van der Waals surface area contributed by atoms with Crippen molar-refractivity contribution in [3.63, 3.8) is 0 Å². The van der Waals surface area contributed by atoms with Crippen molar-refractivity contribution in [2.45, 2.75) is 22.9 Å². The van der Waals surface area contributed by atoms with Gasteiger partial charge in [-0.3, -0.25) is 4.90 Å². The van der Waals surface area contributed by atoms with Crippen LogP contribution in [-0.4, -0.2) is 22.9 Å². The van der Waals surface area contributed by atoms with Crippen molar-refractivity contribution in [2.75, 3.05) is 4.90 Å². The number of hydrogen-bond acceptors (Lipinski definition) is 1. The van der Waals surface area contributed by atoms with Crippen molar-refractivity contribution < 1.29 is 26.3 Å². The van der Waals surface area contributed by atoms with E-state index in [1.54, 1.807) is 0 Å². The largest absolute Gasteiger partial charge is 0.291 e. The molecule has 0 bridgehead atoms. The number of rotatable bonds is 1. The first kappa shape index (κ1) is 11.2. The highest BCUT2D eigenvalue weighted by Crippen LogP contribution is 2.88. The number of halogens is 6.